The molecule has 3 unspecified atom stereocenters. The van der Waals surface area contributed by atoms with E-state index in [-0.39, 0.29) is 28.1 Å². The number of phenols is 1. The molecule has 0 aromatic heterocycles. The monoisotopic (exact) mass is 493 g/mol. The van der Waals surface area contributed by atoms with Gasteiger partial charge in [-0.2, -0.15) is 0 Å². The topological polar surface area (TPSA) is 197 Å². The third kappa shape index (κ3) is 2.78. The Hall–Kier alpha value is -3.12. The number of likely N-dealkylation sites (N-methyl/N-ethyl adjacent to an activating group) is 1. The maximum Gasteiger partial charge on any atom is 0.255 e. The predicted molar refractivity (Wildman–Crippen MR) is 119 cm³/mol. The number of aromatic hydroxyl groups is 1. The summed E-state index contributed by atoms with van der Waals surface area (Å²) < 4.78 is 0. The maximum absolute atomic E-state index is 13.3. The largest absolute Gasteiger partial charge is 0.510 e. The molecule has 4 rings (SSSR count). The molecule has 8 N–H and O–H groups in total. The number of aliphatic hydroxyl groups excluding tert-OH is 2. The lowest BCUT2D eigenvalue weighted by molar-refractivity contribution is -0.151. The Kier molecular flexibility index (Phi) is 5.26. The van der Waals surface area contributed by atoms with E-state index in [0.29, 0.717) is 0 Å². The SMILES string of the molecule is CN(C)[C@@H]1C(O)=C(C(N)=O)C(=O)[C@@]2(O)C(O)=C3C(=NO)c4c(O)ccc(Cl)c4C(C)(O)C3CC12. The Labute approximate surface area is 198 Å². The van der Waals surface area contributed by atoms with E-state index in [1.807, 2.05) is 0 Å². The summed E-state index contributed by atoms with van der Waals surface area (Å²) in [6.45, 7) is 1.37. The molecule has 3 aliphatic carbocycles. The van der Waals surface area contributed by atoms with Gasteiger partial charge in [0.05, 0.1) is 17.2 Å². The van der Waals surface area contributed by atoms with Gasteiger partial charge in [0.15, 0.2) is 5.60 Å². The second kappa shape index (κ2) is 7.44. The molecule has 182 valence electrons. The number of hydrogen-bond acceptors (Lipinski definition) is 10. The van der Waals surface area contributed by atoms with Crippen LogP contribution in [0.15, 0.2) is 40.0 Å². The van der Waals surface area contributed by atoms with Crippen molar-refractivity contribution < 1.29 is 40.3 Å². The number of Topliss-reactive ketones (excluding diaryl/α,β-unsaturated/α-hetero) is 1. The number of oxime groups is 1. The molecule has 1 aromatic rings. The zero-order chi connectivity index (χ0) is 25.5. The van der Waals surface area contributed by atoms with Crippen LogP contribution in [0.4, 0.5) is 0 Å². The van der Waals surface area contributed by atoms with E-state index in [4.69, 9.17) is 17.3 Å². The molecule has 0 saturated heterocycles. The third-order valence-electron chi connectivity index (χ3n) is 7.19. The first kappa shape index (κ1) is 24.0. The second-order valence-corrected chi connectivity index (χ2v) is 9.61. The van der Waals surface area contributed by atoms with Gasteiger partial charge in [-0.1, -0.05) is 16.8 Å². The second-order valence-electron chi connectivity index (χ2n) is 9.20. The molecule has 1 amide bonds. The van der Waals surface area contributed by atoms with Gasteiger partial charge in [-0.15, -0.1) is 0 Å². The summed E-state index contributed by atoms with van der Waals surface area (Å²) >= 11 is 6.34. The van der Waals surface area contributed by atoms with Gasteiger partial charge in [-0.05, 0) is 39.6 Å². The number of halogens is 1. The Morgan fingerprint density at radius 2 is 1.85 bits per heavy atom. The van der Waals surface area contributed by atoms with Gasteiger partial charge in [0.1, 0.15) is 28.6 Å². The molecular formula is C22H24ClN3O8. The highest BCUT2D eigenvalue weighted by Crippen LogP contribution is 2.57. The summed E-state index contributed by atoms with van der Waals surface area (Å²) in [5, 5.41) is 69.0. The quantitative estimate of drug-likeness (QED) is 0.173. The van der Waals surface area contributed by atoms with E-state index in [1.54, 1.807) is 0 Å². The molecule has 0 heterocycles. The van der Waals surface area contributed by atoms with Gasteiger partial charge in [0.25, 0.3) is 5.91 Å². The average Bonchev–Trinajstić information content (AvgIpc) is 2.73. The minimum absolute atomic E-state index is 0.0232. The summed E-state index contributed by atoms with van der Waals surface area (Å²) in [5.41, 5.74) is -1.10. The van der Waals surface area contributed by atoms with Crippen LogP contribution in [-0.4, -0.2) is 78.8 Å². The number of benzene rings is 1. The average molecular weight is 494 g/mol. The van der Waals surface area contributed by atoms with Gasteiger partial charge in [0.2, 0.25) is 5.78 Å². The number of aliphatic hydroxyl groups is 4. The molecule has 11 nitrogen and oxygen atoms in total. The minimum atomic E-state index is -2.75. The number of nitrogens with zero attached hydrogens (tertiary/aromatic N) is 2. The molecule has 0 fully saturated rings. The normalized spacial score (nSPS) is 34.3. The van der Waals surface area contributed by atoms with Gasteiger partial charge >= 0.3 is 0 Å². The van der Waals surface area contributed by atoms with Crippen LogP contribution in [0.1, 0.15) is 24.5 Å². The summed E-state index contributed by atoms with van der Waals surface area (Å²) in [6.07, 6.45) is -0.224. The van der Waals surface area contributed by atoms with Crippen molar-refractivity contribution in [2.75, 3.05) is 14.1 Å². The molecule has 3 aliphatic rings. The zero-order valence-corrected chi connectivity index (χ0v) is 19.2. The van der Waals surface area contributed by atoms with Gasteiger partial charge in [-0.3, -0.25) is 14.5 Å². The van der Waals surface area contributed by atoms with E-state index in [2.05, 4.69) is 5.16 Å². The van der Waals surface area contributed by atoms with Crippen molar-refractivity contribution in [3.05, 3.63) is 50.9 Å². The van der Waals surface area contributed by atoms with Gasteiger partial charge in [-0.25, -0.2) is 0 Å². The number of phenolic OH excluding ortho intramolecular Hbond substituents is 1. The van der Waals surface area contributed by atoms with E-state index in [0.717, 1.165) is 0 Å². The van der Waals surface area contributed by atoms with Crippen LogP contribution in [0.5, 0.6) is 5.75 Å². The van der Waals surface area contributed by atoms with Crippen LogP contribution in [0, 0.1) is 11.8 Å². The van der Waals surface area contributed by atoms with Crippen LogP contribution in [0.3, 0.4) is 0 Å². The van der Waals surface area contributed by atoms with Crippen molar-refractivity contribution >= 4 is 29.0 Å². The van der Waals surface area contributed by atoms with Crippen molar-refractivity contribution in [3.8, 4) is 5.75 Å². The molecule has 0 saturated carbocycles. The first-order valence-electron chi connectivity index (χ1n) is 10.3. The molecule has 5 atom stereocenters. The maximum atomic E-state index is 13.3. The first-order valence-corrected chi connectivity index (χ1v) is 10.7. The summed E-state index contributed by atoms with van der Waals surface area (Å²) in [5.74, 6) is -7.09. The lowest BCUT2D eigenvalue weighted by atomic mass is 9.55. The van der Waals surface area contributed by atoms with Crippen LogP contribution in [0.25, 0.3) is 0 Å². The molecular weight excluding hydrogens is 470 g/mol. The highest BCUT2D eigenvalue weighted by Gasteiger charge is 2.65. The number of amides is 1. The number of rotatable bonds is 2. The molecule has 0 spiro atoms. The predicted octanol–water partition coefficient (Wildman–Crippen LogP) is 0.435. The fourth-order valence-corrected chi connectivity index (χ4v) is 6.06. The number of primary amides is 1. The van der Waals surface area contributed by atoms with Crippen molar-refractivity contribution in [3.63, 3.8) is 0 Å². The van der Waals surface area contributed by atoms with Crippen molar-refractivity contribution in [2.45, 2.75) is 30.6 Å². The number of carbonyl (C=O) groups is 2. The standard InChI is InChI=1S/C22H24ClN3O8/c1-21(32)7-6-8-16(26(2)3)17(28)13(20(24)31)19(30)22(8,33)18(29)11(7)15(25-34)12-10(27)5-4-9(23)14(12)21/h4-5,7-8,16,27-29,32-34H,6H2,1-3H3,(H2,24,31)/t7?,8?,16-,21?,22-/m0/s1. The van der Waals surface area contributed by atoms with E-state index < -0.39 is 69.3 Å². The summed E-state index contributed by atoms with van der Waals surface area (Å²) in [6, 6.07) is 1.38. The smallest absolute Gasteiger partial charge is 0.255 e. The van der Waals surface area contributed by atoms with E-state index in [9.17, 15) is 40.3 Å². The molecule has 0 bridgehead atoms. The number of nitrogens with two attached hydrogens (primary N) is 1. The number of fused-ring (bicyclic) bond motifs is 3. The first-order chi connectivity index (χ1) is 15.7. The molecule has 34 heavy (non-hydrogen) atoms. The minimum Gasteiger partial charge on any atom is -0.510 e. The fraction of sp³-hybridized carbons (Fsp3) is 0.409. The highest BCUT2D eigenvalue weighted by molar-refractivity contribution is 6.33. The molecule has 0 radical (unpaired) electrons. The lowest BCUT2D eigenvalue weighted by Crippen LogP contribution is -2.65. The summed E-state index contributed by atoms with van der Waals surface area (Å²) in [4.78, 5) is 26.8. The fourth-order valence-electron chi connectivity index (χ4n) is 5.71. The highest BCUT2D eigenvalue weighted by atomic mass is 35.5. The van der Waals surface area contributed by atoms with Crippen molar-refractivity contribution in [1.82, 2.24) is 4.90 Å². The van der Waals surface area contributed by atoms with Gasteiger partial charge in [0, 0.05) is 28.0 Å². The third-order valence-corrected chi connectivity index (χ3v) is 7.51. The summed E-state index contributed by atoms with van der Waals surface area (Å²) in [7, 11) is 3.05. The Morgan fingerprint density at radius 1 is 1.24 bits per heavy atom. The van der Waals surface area contributed by atoms with E-state index in [1.165, 1.54) is 38.1 Å². The van der Waals surface area contributed by atoms with Crippen LogP contribution in [0.2, 0.25) is 5.02 Å². The van der Waals surface area contributed by atoms with Crippen LogP contribution >= 0.6 is 11.6 Å². The number of hydrogen-bond donors (Lipinski definition) is 7. The lowest BCUT2D eigenvalue weighted by Gasteiger charge is -2.53. The molecule has 1 aromatic carbocycles. The molecule has 0 aliphatic heterocycles. The Balaban J connectivity index is 2.10. The Morgan fingerprint density at radius 3 is 2.38 bits per heavy atom. The van der Waals surface area contributed by atoms with Crippen molar-refractivity contribution in [1.29, 1.82) is 0 Å². The molecule has 12 heteroatoms. The van der Waals surface area contributed by atoms with Crippen molar-refractivity contribution in [2.24, 2.45) is 22.7 Å². The zero-order valence-electron chi connectivity index (χ0n) is 18.4. The van der Waals surface area contributed by atoms with Crippen LogP contribution in [-0.2, 0) is 15.2 Å². The van der Waals surface area contributed by atoms with E-state index >= 15 is 0 Å². The number of carbonyl (C=O) groups excluding carboxylic acids is 2. The van der Waals surface area contributed by atoms with Crippen LogP contribution < -0.4 is 5.73 Å². The van der Waals surface area contributed by atoms with Gasteiger partial charge < -0.3 is 36.5 Å². The Bertz CT molecular complexity index is 1230. The number of ketones is 1.